The van der Waals surface area contributed by atoms with E-state index in [4.69, 9.17) is 35.3 Å². The molecular weight excluding hydrogens is 726 g/mol. The quantitative estimate of drug-likeness (QED) is 0.187. The molecule has 2 N–H and O–H groups in total. The highest BCUT2D eigenvalue weighted by molar-refractivity contribution is 7.81. The van der Waals surface area contributed by atoms with Crippen LogP contribution in [0.1, 0.15) is 72.8 Å². The number of methoxy groups -OCH3 is 2. The lowest BCUT2D eigenvalue weighted by Gasteiger charge is -2.42. The first-order valence-electron chi connectivity index (χ1n) is 17.7. The van der Waals surface area contributed by atoms with Gasteiger partial charge in [-0.15, -0.1) is 0 Å². The van der Waals surface area contributed by atoms with E-state index in [1.54, 1.807) is 52.1 Å². The van der Waals surface area contributed by atoms with E-state index >= 15 is 0 Å². The molecule has 0 saturated carbocycles. The Balaban J connectivity index is 1.74. The Kier molecular flexibility index (Phi) is 13.3. The molecule has 2 saturated heterocycles. The SMILES string of the molecule is COc1cc2cc(c1Cl)N(C)C(=O)C[C@H](OC(=O)[C@H](C)N(C)C(=O)CCC(C)(C)S)[C@]1(C)OC1C(C)[C@@H]1C[C@@](O)(NC(=O)O1)[C@H](OC)/C=C/C=C(\C)C2. The lowest BCUT2D eigenvalue weighted by Crippen LogP contribution is -2.63. The average Bonchev–Trinajstić information content (AvgIpc) is 3.78. The van der Waals surface area contributed by atoms with Gasteiger partial charge in [0.25, 0.3) is 0 Å². The molecule has 0 radical (unpaired) electrons. The average molecular weight is 780 g/mol. The summed E-state index contributed by atoms with van der Waals surface area (Å²) in [6.45, 7) is 10.8. The summed E-state index contributed by atoms with van der Waals surface area (Å²) < 4.78 is 28.8. The van der Waals surface area contributed by atoms with Crippen molar-refractivity contribution in [3.63, 3.8) is 0 Å². The number of likely N-dealkylation sites (N-methyl/N-ethyl adjacent to an activating group) is 1. The van der Waals surface area contributed by atoms with Crippen LogP contribution in [0.4, 0.5) is 10.5 Å². The van der Waals surface area contributed by atoms with Crippen LogP contribution in [0.5, 0.6) is 5.75 Å². The maximum absolute atomic E-state index is 14.1. The second kappa shape index (κ2) is 16.6. The van der Waals surface area contributed by atoms with Crippen molar-refractivity contribution in [2.24, 2.45) is 5.92 Å². The molecular formula is C38H54ClN3O10S. The molecule has 1 aromatic carbocycles. The van der Waals surface area contributed by atoms with Gasteiger partial charge in [-0.05, 0) is 51.3 Å². The number of fused-ring (bicyclic) bond motifs is 5. The van der Waals surface area contributed by atoms with Crippen LogP contribution in [0.15, 0.2) is 35.9 Å². The Morgan fingerprint density at radius 1 is 1.26 bits per heavy atom. The predicted molar refractivity (Wildman–Crippen MR) is 203 cm³/mol. The third kappa shape index (κ3) is 9.88. The summed E-state index contributed by atoms with van der Waals surface area (Å²) in [5, 5.41) is 14.5. The van der Waals surface area contributed by atoms with Gasteiger partial charge < -0.3 is 38.6 Å². The maximum Gasteiger partial charge on any atom is 0.409 e. The van der Waals surface area contributed by atoms with Crippen LogP contribution in [0, 0.1) is 5.92 Å². The van der Waals surface area contributed by atoms with Crippen molar-refractivity contribution in [2.45, 2.75) is 120 Å². The Bertz CT molecular complexity index is 1630. The number of carbonyl (C=O) groups is 4. The standard InChI is InChI=1S/C38H54ClN3O10S/c1-21-12-11-13-28(49-10)38(47)20-27(50-35(46)40-38)22(2)33-37(6,52-33)29(51-34(45)23(3)41(7)30(43)14-15-36(4,5)53)19-31(44)42(8)25-17-24(16-21)18-26(48-9)32(25)39/h11-13,17-18,22-23,27-29,33,47,53H,14-16,19-20H2,1-10H3,(H,40,46)/b13-11+,21-12+/t22?,23-,27-,28+,29-,33?,37-,38-/m0/s1. The number of nitrogens with one attached hydrogen (secondary N) is 1. The van der Waals surface area contributed by atoms with E-state index in [9.17, 15) is 24.3 Å². The summed E-state index contributed by atoms with van der Waals surface area (Å²) in [4.78, 5) is 56.5. The Morgan fingerprint density at radius 2 is 1.94 bits per heavy atom. The molecule has 0 aromatic heterocycles. The number of alkyl carbamates (subject to hydrolysis) is 1. The normalized spacial score (nSPS) is 31.5. The highest BCUT2D eigenvalue weighted by Gasteiger charge is 2.64. The van der Waals surface area contributed by atoms with Crippen LogP contribution in [0.3, 0.4) is 0 Å². The Labute approximate surface area is 322 Å². The number of hydrogen-bond donors (Lipinski definition) is 3. The Morgan fingerprint density at radius 3 is 2.57 bits per heavy atom. The first-order valence-corrected chi connectivity index (χ1v) is 18.5. The molecule has 0 spiro atoms. The van der Waals surface area contributed by atoms with Crippen molar-refractivity contribution >= 4 is 53.8 Å². The first kappa shape index (κ1) is 42.4. The van der Waals surface area contributed by atoms with Crippen molar-refractivity contribution in [1.29, 1.82) is 0 Å². The minimum Gasteiger partial charge on any atom is -0.495 e. The van der Waals surface area contributed by atoms with Crippen molar-refractivity contribution in [3.05, 3.63) is 46.5 Å². The van der Waals surface area contributed by atoms with E-state index in [0.717, 1.165) is 11.1 Å². The number of allylic oxidation sites excluding steroid dienone is 3. The smallest absolute Gasteiger partial charge is 0.409 e. The van der Waals surface area contributed by atoms with E-state index in [2.05, 4.69) is 17.9 Å². The first-order chi connectivity index (χ1) is 24.6. The lowest BCUT2D eigenvalue weighted by molar-refractivity contribution is -0.162. The molecule has 4 bridgehead atoms. The Hall–Kier alpha value is -3.30. The number of carbonyl (C=O) groups excluding carboxylic acids is 4. The largest absolute Gasteiger partial charge is 0.495 e. The summed E-state index contributed by atoms with van der Waals surface area (Å²) in [5.41, 5.74) is -0.916. The molecule has 13 nitrogen and oxygen atoms in total. The van der Waals surface area contributed by atoms with Gasteiger partial charge in [-0.25, -0.2) is 9.59 Å². The molecule has 1 aromatic rings. The van der Waals surface area contributed by atoms with E-state index < -0.39 is 65.7 Å². The van der Waals surface area contributed by atoms with Crippen LogP contribution in [0.2, 0.25) is 5.02 Å². The van der Waals surface area contributed by atoms with Crippen LogP contribution < -0.4 is 15.0 Å². The highest BCUT2D eigenvalue weighted by atomic mass is 35.5. The number of halogens is 1. The van der Waals surface area contributed by atoms with Crippen LogP contribution in [0.25, 0.3) is 0 Å². The summed E-state index contributed by atoms with van der Waals surface area (Å²) in [7, 11) is 6.02. The number of ether oxygens (including phenoxy) is 5. The minimum atomic E-state index is -1.83. The molecule has 4 rings (SSSR count). The lowest BCUT2D eigenvalue weighted by atomic mass is 9.83. The molecule has 53 heavy (non-hydrogen) atoms. The van der Waals surface area contributed by atoms with Gasteiger partial charge in [0.1, 0.15) is 40.7 Å². The number of benzene rings is 1. The molecule has 3 aliphatic rings. The summed E-state index contributed by atoms with van der Waals surface area (Å²) >= 11 is 11.3. The van der Waals surface area contributed by atoms with E-state index in [1.165, 1.54) is 31.1 Å². The molecule has 294 valence electrons. The molecule has 0 aliphatic carbocycles. The van der Waals surface area contributed by atoms with Crippen LogP contribution >= 0.6 is 24.2 Å². The van der Waals surface area contributed by atoms with Crippen molar-refractivity contribution < 1.29 is 48.0 Å². The van der Waals surface area contributed by atoms with Gasteiger partial charge in [0, 0.05) is 44.7 Å². The van der Waals surface area contributed by atoms with Gasteiger partial charge in [0.05, 0.1) is 25.3 Å². The summed E-state index contributed by atoms with van der Waals surface area (Å²) in [6, 6.07) is 2.60. The molecule has 3 amide bonds. The second-order valence-corrected chi connectivity index (χ2v) is 16.8. The van der Waals surface area contributed by atoms with E-state index in [1.807, 2.05) is 26.8 Å². The molecule has 2 unspecified atom stereocenters. The third-order valence-electron chi connectivity index (χ3n) is 10.5. The monoisotopic (exact) mass is 779 g/mol. The summed E-state index contributed by atoms with van der Waals surface area (Å²) in [6.07, 6.45) is 1.61. The second-order valence-electron chi connectivity index (χ2n) is 15.2. The number of nitrogens with zero attached hydrogens (tertiary/aromatic N) is 2. The van der Waals surface area contributed by atoms with Gasteiger partial charge in [-0.1, -0.05) is 56.2 Å². The number of esters is 1. The molecule has 15 heteroatoms. The van der Waals surface area contributed by atoms with Crippen molar-refractivity contribution in [3.8, 4) is 5.75 Å². The van der Waals surface area contributed by atoms with Gasteiger partial charge in [-0.2, -0.15) is 12.6 Å². The van der Waals surface area contributed by atoms with Gasteiger partial charge in [-0.3, -0.25) is 14.9 Å². The number of aliphatic hydroxyl groups is 1. The minimum absolute atomic E-state index is 0.0509. The third-order valence-corrected chi connectivity index (χ3v) is 11.1. The molecule has 3 heterocycles. The number of rotatable bonds is 8. The van der Waals surface area contributed by atoms with Crippen LogP contribution in [-0.4, -0.2) is 109 Å². The number of hydrogen-bond acceptors (Lipinski definition) is 11. The van der Waals surface area contributed by atoms with E-state index in [0.29, 0.717) is 24.3 Å². The fraction of sp³-hybridized carbons (Fsp3) is 0.632. The molecule has 2 fully saturated rings. The van der Waals surface area contributed by atoms with Gasteiger partial charge in [0.15, 0.2) is 5.72 Å². The topological polar surface area (TPSA) is 156 Å². The zero-order valence-electron chi connectivity index (χ0n) is 32.2. The van der Waals surface area contributed by atoms with Gasteiger partial charge in [0.2, 0.25) is 11.8 Å². The van der Waals surface area contributed by atoms with Crippen LogP contribution in [-0.2, 0) is 39.8 Å². The van der Waals surface area contributed by atoms with Crippen molar-refractivity contribution in [1.82, 2.24) is 10.2 Å². The van der Waals surface area contributed by atoms with E-state index in [-0.39, 0.29) is 34.9 Å². The molecule has 3 aliphatic heterocycles. The number of epoxide rings is 1. The maximum atomic E-state index is 14.1. The van der Waals surface area contributed by atoms with Crippen molar-refractivity contribution in [2.75, 3.05) is 33.2 Å². The van der Waals surface area contributed by atoms with Gasteiger partial charge >= 0.3 is 12.1 Å². The zero-order valence-corrected chi connectivity index (χ0v) is 33.9. The number of anilines is 1. The summed E-state index contributed by atoms with van der Waals surface area (Å²) in [5.74, 6) is -1.58. The number of thiol groups is 1. The zero-order chi connectivity index (χ0) is 39.6. The number of amides is 3. The highest BCUT2D eigenvalue weighted by Crippen LogP contribution is 2.49. The molecule has 8 atom stereocenters. The fourth-order valence-electron chi connectivity index (χ4n) is 6.81. The predicted octanol–water partition coefficient (Wildman–Crippen LogP) is 5.00. The fourth-order valence-corrected chi connectivity index (χ4v) is 7.23.